The maximum Gasteiger partial charge on any atom is 0.248 e. The molecule has 1 atom stereocenters. The van der Waals surface area contributed by atoms with Gasteiger partial charge in [0.25, 0.3) is 0 Å². The highest BCUT2D eigenvalue weighted by Crippen LogP contribution is 2.45. The van der Waals surface area contributed by atoms with E-state index >= 15 is 0 Å². The fourth-order valence-electron chi connectivity index (χ4n) is 4.17. The van der Waals surface area contributed by atoms with E-state index in [1.807, 2.05) is 0 Å². The summed E-state index contributed by atoms with van der Waals surface area (Å²) in [4.78, 5) is 16.2. The summed E-state index contributed by atoms with van der Waals surface area (Å²) in [5.74, 6) is -2.43. The summed E-state index contributed by atoms with van der Waals surface area (Å²) in [6.07, 6.45) is 2.81. The molecule has 2 aliphatic heterocycles. The normalized spacial score (nSPS) is 32.0. The number of rotatable bonds is 5. The van der Waals surface area contributed by atoms with Crippen LogP contribution in [0, 0.1) is 11.3 Å². The maximum atomic E-state index is 12.9. The zero-order valence-corrected chi connectivity index (χ0v) is 14.2. The second-order valence-corrected chi connectivity index (χ2v) is 9.87. The van der Waals surface area contributed by atoms with Crippen molar-refractivity contribution in [3.63, 3.8) is 0 Å². The lowest BCUT2D eigenvalue weighted by atomic mass is 9.71. The Balaban J connectivity index is 1.50. The number of piperidine rings is 1. The molecule has 3 aliphatic rings. The van der Waals surface area contributed by atoms with Crippen molar-refractivity contribution >= 4 is 15.7 Å². The van der Waals surface area contributed by atoms with E-state index in [1.165, 1.54) is 6.26 Å². The van der Waals surface area contributed by atoms with Crippen molar-refractivity contribution in [2.24, 2.45) is 11.3 Å². The molecular formula is C15H24F2N2O3S. The van der Waals surface area contributed by atoms with Crippen molar-refractivity contribution in [3.05, 3.63) is 0 Å². The number of alkyl halides is 2. The average molecular weight is 350 g/mol. The number of carbonyl (C=O) groups is 1. The van der Waals surface area contributed by atoms with E-state index < -0.39 is 21.2 Å². The first kappa shape index (κ1) is 17.1. The van der Waals surface area contributed by atoms with Crippen LogP contribution < -0.4 is 0 Å². The number of sulfone groups is 1. The quantitative estimate of drug-likeness (QED) is 0.694. The van der Waals surface area contributed by atoms with Crippen LogP contribution in [0.2, 0.25) is 0 Å². The maximum absolute atomic E-state index is 12.9. The summed E-state index contributed by atoms with van der Waals surface area (Å²) in [7, 11) is -3.07. The molecule has 0 aromatic rings. The molecule has 2 heterocycles. The molecule has 1 aliphatic carbocycles. The van der Waals surface area contributed by atoms with Crippen LogP contribution in [0.25, 0.3) is 0 Å². The number of nitrogens with zero attached hydrogens (tertiary/aromatic N) is 2. The zero-order valence-electron chi connectivity index (χ0n) is 13.4. The van der Waals surface area contributed by atoms with E-state index in [0.29, 0.717) is 19.6 Å². The van der Waals surface area contributed by atoms with Gasteiger partial charge in [0, 0.05) is 45.3 Å². The monoisotopic (exact) mass is 350 g/mol. The number of carbonyl (C=O) groups excluding carboxylic acids is 1. The van der Waals surface area contributed by atoms with E-state index in [0.717, 1.165) is 19.4 Å². The molecule has 3 fully saturated rings. The van der Waals surface area contributed by atoms with Crippen LogP contribution in [-0.2, 0) is 14.6 Å². The second-order valence-electron chi connectivity index (χ2n) is 7.61. The van der Waals surface area contributed by atoms with Gasteiger partial charge in [0.2, 0.25) is 11.8 Å². The third kappa shape index (κ3) is 3.68. The predicted octanol–water partition coefficient (Wildman–Crippen LogP) is 1.00. The van der Waals surface area contributed by atoms with Gasteiger partial charge in [0.1, 0.15) is 9.84 Å². The Labute approximate surface area is 135 Å². The van der Waals surface area contributed by atoms with Gasteiger partial charge in [0.15, 0.2) is 0 Å². The van der Waals surface area contributed by atoms with Crippen molar-refractivity contribution < 1.29 is 22.0 Å². The summed E-state index contributed by atoms with van der Waals surface area (Å²) in [5.41, 5.74) is -0.401. The molecule has 0 N–H and O–H groups in total. The molecule has 1 saturated carbocycles. The number of hydrogen-bond acceptors (Lipinski definition) is 4. The fraction of sp³-hybridized carbons (Fsp3) is 0.933. The van der Waals surface area contributed by atoms with E-state index in [2.05, 4.69) is 4.90 Å². The Kier molecular flexibility index (Phi) is 4.20. The Morgan fingerprint density at radius 1 is 1.26 bits per heavy atom. The van der Waals surface area contributed by atoms with E-state index in [4.69, 9.17) is 0 Å². The summed E-state index contributed by atoms with van der Waals surface area (Å²) in [5, 5.41) is 0. The molecule has 23 heavy (non-hydrogen) atoms. The van der Waals surface area contributed by atoms with E-state index in [9.17, 15) is 22.0 Å². The van der Waals surface area contributed by atoms with E-state index in [1.54, 1.807) is 4.90 Å². The van der Waals surface area contributed by atoms with Gasteiger partial charge in [-0.3, -0.25) is 4.79 Å². The first-order valence-electron chi connectivity index (χ1n) is 8.16. The lowest BCUT2D eigenvalue weighted by Gasteiger charge is -2.54. The standard InChI is InChI=1S/C15H24F2N2O3S/c1-23(21,22)6-5-19-11-14(13(19)20)3-2-4-18(10-14)9-12-7-15(16,17)8-12/h12H,2-11H2,1H3. The fourth-order valence-corrected chi connectivity index (χ4v) is 4.72. The van der Waals surface area contributed by atoms with Gasteiger partial charge >= 0.3 is 0 Å². The average Bonchev–Trinajstić information content (AvgIpc) is 2.40. The first-order valence-corrected chi connectivity index (χ1v) is 10.2. The molecule has 0 aromatic heterocycles. The summed E-state index contributed by atoms with van der Waals surface area (Å²) in [6.45, 7) is 2.99. The molecule has 3 rings (SSSR count). The van der Waals surface area contributed by atoms with Gasteiger partial charge in [-0.2, -0.15) is 0 Å². The third-order valence-corrected chi connectivity index (χ3v) is 6.24. The Bertz CT molecular complexity index is 588. The number of halogens is 2. The highest BCUT2D eigenvalue weighted by atomic mass is 32.2. The Morgan fingerprint density at radius 3 is 2.52 bits per heavy atom. The van der Waals surface area contributed by atoms with Crippen LogP contribution >= 0.6 is 0 Å². The third-order valence-electron chi connectivity index (χ3n) is 5.31. The zero-order chi connectivity index (χ0) is 16.9. The second kappa shape index (κ2) is 5.65. The highest BCUT2D eigenvalue weighted by molar-refractivity contribution is 7.90. The molecular weight excluding hydrogens is 326 g/mol. The Hall–Kier alpha value is -0.760. The molecule has 2 saturated heterocycles. The van der Waals surface area contributed by atoms with Crippen LogP contribution in [0.4, 0.5) is 8.78 Å². The summed E-state index contributed by atoms with van der Waals surface area (Å²) >= 11 is 0. The molecule has 1 unspecified atom stereocenters. The van der Waals surface area contributed by atoms with Gasteiger partial charge in [-0.15, -0.1) is 0 Å². The molecule has 132 valence electrons. The van der Waals surface area contributed by atoms with Crippen molar-refractivity contribution in [3.8, 4) is 0 Å². The first-order chi connectivity index (χ1) is 10.6. The number of β-lactam (4-membered cyclic amide) rings is 1. The lowest BCUT2D eigenvalue weighted by molar-refractivity contribution is -0.167. The van der Waals surface area contributed by atoms with Gasteiger partial charge in [0.05, 0.1) is 11.2 Å². The Morgan fingerprint density at radius 2 is 1.96 bits per heavy atom. The van der Waals surface area contributed by atoms with Crippen molar-refractivity contribution in [2.75, 3.05) is 44.7 Å². The number of likely N-dealkylation sites (tertiary alicyclic amines) is 2. The molecule has 0 radical (unpaired) electrons. The van der Waals surface area contributed by atoms with Gasteiger partial charge in [-0.25, -0.2) is 17.2 Å². The molecule has 1 amide bonds. The summed E-state index contributed by atoms with van der Waals surface area (Å²) in [6, 6.07) is 0. The van der Waals surface area contributed by atoms with Gasteiger partial charge in [-0.1, -0.05) is 0 Å². The minimum atomic E-state index is -3.07. The predicted molar refractivity (Wildman–Crippen MR) is 82.1 cm³/mol. The molecule has 1 spiro atoms. The molecule has 8 heteroatoms. The van der Waals surface area contributed by atoms with Crippen molar-refractivity contribution in [2.45, 2.75) is 31.6 Å². The van der Waals surface area contributed by atoms with Crippen LogP contribution in [0.15, 0.2) is 0 Å². The summed E-state index contributed by atoms with van der Waals surface area (Å²) < 4.78 is 48.3. The van der Waals surface area contributed by atoms with Crippen molar-refractivity contribution in [1.82, 2.24) is 9.80 Å². The molecule has 0 bridgehead atoms. The minimum absolute atomic E-state index is 0.00427. The molecule has 0 aromatic carbocycles. The number of hydrogen-bond donors (Lipinski definition) is 0. The SMILES string of the molecule is CS(=O)(=O)CCN1CC2(CCCN(CC3CC(F)(F)C3)C2)C1=O. The highest BCUT2D eigenvalue weighted by Gasteiger charge is 2.54. The van der Waals surface area contributed by atoms with Gasteiger partial charge in [-0.05, 0) is 25.3 Å². The topological polar surface area (TPSA) is 57.7 Å². The van der Waals surface area contributed by atoms with Crippen LogP contribution in [0.5, 0.6) is 0 Å². The number of amides is 1. The van der Waals surface area contributed by atoms with Crippen LogP contribution in [0.1, 0.15) is 25.7 Å². The van der Waals surface area contributed by atoms with E-state index in [-0.39, 0.29) is 37.0 Å². The van der Waals surface area contributed by atoms with Crippen LogP contribution in [0.3, 0.4) is 0 Å². The lowest BCUT2D eigenvalue weighted by Crippen LogP contribution is -2.67. The van der Waals surface area contributed by atoms with Crippen molar-refractivity contribution in [1.29, 1.82) is 0 Å². The minimum Gasteiger partial charge on any atom is -0.340 e. The smallest absolute Gasteiger partial charge is 0.248 e. The van der Waals surface area contributed by atoms with Gasteiger partial charge < -0.3 is 9.80 Å². The largest absolute Gasteiger partial charge is 0.340 e. The molecule has 5 nitrogen and oxygen atoms in total. The van der Waals surface area contributed by atoms with Crippen LogP contribution in [-0.4, -0.2) is 74.8 Å².